The monoisotopic (exact) mass is 418 g/mol. The molecule has 4 rings (SSSR count). The van der Waals surface area contributed by atoms with Gasteiger partial charge in [0.15, 0.2) is 5.65 Å². The molecule has 0 aliphatic carbocycles. The summed E-state index contributed by atoms with van der Waals surface area (Å²) in [6.45, 7) is 6.21. The zero-order valence-electron chi connectivity index (χ0n) is 17.2. The first kappa shape index (κ1) is 20.7. The Kier molecular flexibility index (Phi) is 5.73. The molecule has 4 heterocycles. The molecule has 160 valence electrons. The van der Waals surface area contributed by atoms with E-state index in [2.05, 4.69) is 31.9 Å². The van der Waals surface area contributed by atoms with Gasteiger partial charge in [0.05, 0.1) is 5.69 Å². The smallest absolute Gasteiger partial charge is 0.298 e. The van der Waals surface area contributed by atoms with Gasteiger partial charge in [-0.3, -0.25) is 4.90 Å². The van der Waals surface area contributed by atoms with Gasteiger partial charge in [0.2, 0.25) is 0 Å². The van der Waals surface area contributed by atoms with E-state index in [4.69, 9.17) is 0 Å². The van der Waals surface area contributed by atoms with Gasteiger partial charge in [-0.15, -0.1) is 0 Å². The molecule has 30 heavy (non-hydrogen) atoms. The summed E-state index contributed by atoms with van der Waals surface area (Å²) in [5.74, 6) is 0.933. The van der Waals surface area contributed by atoms with E-state index >= 15 is 0 Å². The number of fused-ring (bicyclic) bond motifs is 1. The molecule has 0 spiro atoms. The predicted molar refractivity (Wildman–Crippen MR) is 106 cm³/mol. The first-order valence-corrected chi connectivity index (χ1v) is 10.4. The van der Waals surface area contributed by atoms with E-state index in [1.807, 2.05) is 12.4 Å². The molecule has 1 saturated heterocycles. The van der Waals surface area contributed by atoms with E-state index in [-0.39, 0.29) is 11.6 Å². The Balaban J connectivity index is 1.51. The molecule has 1 aliphatic heterocycles. The Morgan fingerprint density at radius 2 is 1.90 bits per heavy atom. The van der Waals surface area contributed by atoms with Crippen molar-refractivity contribution >= 4 is 5.65 Å². The van der Waals surface area contributed by atoms with E-state index in [1.54, 1.807) is 13.0 Å². The number of hydrogen-bond donors (Lipinski definition) is 0. The van der Waals surface area contributed by atoms with Gasteiger partial charge >= 0.3 is 6.18 Å². The largest absolute Gasteiger partial charge is 0.433 e. The number of nitrogens with zero attached hydrogens (tertiary/aromatic N) is 6. The van der Waals surface area contributed by atoms with E-state index < -0.39 is 11.9 Å². The second-order valence-electron chi connectivity index (χ2n) is 7.80. The fourth-order valence-corrected chi connectivity index (χ4v) is 3.92. The van der Waals surface area contributed by atoms with Crippen LogP contribution < -0.4 is 0 Å². The van der Waals surface area contributed by atoms with Crippen molar-refractivity contribution in [2.24, 2.45) is 0 Å². The van der Waals surface area contributed by atoms with E-state index in [9.17, 15) is 13.2 Å². The zero-order valence-corrected chi connectivity index (χ0v) is 17.2. The van der Waals surface area contributed by atoms with Crippen LogP contribution in [0.15, 0.2) is 24.5 Å². The third-order valence-corrected chi connectivity index (χ3v) is 5.48. The molecule has 6 nitrogen and oxygen atoms in total. The molecule has 0 bridgehead atoms. The van der Waals surface area contributed by atoms with Crippen molar-refractivity contribution in [3.05, 3.63) is 53.0 Å². The number of rotatable bonds is 6. The van der Waals surface area contributed by atoms with Crippen molar-refractivity contribution in [1.29, 1.82) is 0 Å². The normalized spacial score (nSPS) is 17.8. The van der Waals surface area contributed by atoms with Gasteiger partial charge in [-0.1, -0.05) is 13.8 Å². The van der Waals surface area contributed by atoms with Gasteiger partial charge in [0, 0.05) is 55.1 Å². The Morgan fingerprint density at radius 3 is 2.57 bits per heavy atom. The molecule has 0 amide bonds. The molecule has 3 aromatic rings. The first-order valence-electron chi connectivity index (χ1n) is 10.4. The lowest BCUT2D eigenvalue weighted by atomic mass is 10.1. The molecule has 0 saturated carbocycles. The van der Waals surface area contributed by atoms with Crippen LogP contribution in [-0.2, 0) is 25.6 Å². The van der Waals surface area contributed by atoms with Gasteiger partial charge in [-0.2, -0.15) is 18.3 Å². The van der Waals surface area contributed by atoms with Gasteiger partial charge in [-0.25, -0.2) is 19.5 Å². The van der Waals surface area contributed by atoms with Crippen LogP contribution in [0.3, 0.4) is 0 Å². The molecule has 0 unspecified atom stereocenters. The van der Waals surface area contributed by atoms with Crippen LogP contribution >= 0.6 is 0 Å². The molecule has 1 atom stereocenters. The van der Waals surface area contributed by atoms with E-state index in [0.717, 1.165) is 60.9 Å². The number of aryl methyl sites for hydroxylation is 2. The van der Waals surface area contributed by atoms with Crippen molar-refractivity contribution in [1.82, 2.24) is 29.5 Å². The topological polar surface area (TPSA) is 59.2 Å². The van der Waals surface area contributed by atoms with Crippen molar-refractivity contribution in [3.63, 3.8) is 0 Å². The Labute approximate surface area is 173 Å². The van der Waals surface area contributed by atoms with Gasteiger partial charge in [-0.05, 0) is 31.9 Å². The summed E-state index contributed by atoms with van der Waals surface area (Å²) >= 11 is 0. The number of hydrogen-bond acceptors (Lipinski definition) is 5. The molecule has 1 aliphatic rings. The van der Waals surface area contributed by atoms with Crippen LogP contribution in [0.1, 0.15) is 61.1 Å². The van der Waals surface area contributed by atoms with Crippen molar-refractivity contribution in [2.45, 2.75) is 58.2 Å². The summed E-state index contributed by atoms with van der Waals surface area (Å²) < 4.78 is 41.4. The Hall–Kier alpha value is -2.55. The van der Waals surface area contributed by atoms with Crippen LogP contribution in [0, 0.1) is 0 Å². The maximum absolute atomic E-state index is 13.5. The van der Waals surface area contributed by atoms with E-state index in [0.29, 0.717) is 17.8 Å². The fourth-order valence-electron chi connectivity index (χ4n) is 3.92. The third kappa shape index (κ3) is 4.30. The van der Waals surface area contributed by atoms with Crippen LogP contribution in [0.5, 0.6) is 0 Å². The lowest BCUT2D eigenvalue weighted by Crippen LogP contribution is -2.20. The fraction of sp³-hybridized carbons (Fsp3) is 0.524. The lowest BCUT2D eigenvalue weighted by Gasteiger charge is -2.15. The van der Waals surface area contributed by atoms with Crippen LogP contribution in [0.4, 0.5) is 13.2 Å². The van der Waals surface area contributed by atoms with E-state index in [1.165, 1.54) is 0 Å². The molecule has 3 aromatic heterocycles. The minimum atomic E-state index is -4.47. The molecular weight excluding hydrogens is 393 g/mol. The average molecular weight is 418 g/mol. The highest BCUT2D eigenvalue weighted by Crippen LogP contribution is 2.32. The van der Waals surface area contributed by atoms with Gasteiger partial charge in [0.1, 0.15) is 11.5 Å². The second-order valence-corrected chi connectivity index (χ2v) is 7.80. The minimum absolute atomic E-state index is 0.0816. The summed E-state index contributed by atoms with van der Waals surface area (Å²) in [7, 11) is 0. The molecule has 9 heteroatoms. The van der Waals surface area contributed by atoms with Crippen molar-refractivity contribution < 1.29 is 13.2 Å². The highest BCUT2D eigenvalue weighted by atomic mass is 19.4. The van der Waals surface area contributed by atoms with Crippen molar-refractivity contribution in [3.8, 4) is 0 Å². The highest BCUT2D eigenvalue weighted by Gasteiger charge is 2.36. The number of aromatic nitrogens is 5. The lowest BCUT2D eigenvalue weighted by molar-refractivity contribution is -0.142. The van der Waals surface area contributed by atoms with Crippen LogP contribution in [0.25, 0.3) is 5.65 Å². The van der Waals surface area contributed by atoms with Gasteiger partial charge < -0.3 is 0 Å². The summed E-state index contributed by atoms with van der Waals surface area (Å²) in [5.41, 5.74) is 1.61. The maximum Gasteiger partial charge on any atom is 0.433 e. The highest BCUT2D eigenvalue weighted by molar-refractivity contribution is 5.43. The maximum atomic E-state index is 13.5. The molecule has 1 fully saturated rings. The Morgan fingerprint density at radius 1 is 1.13 bits per heavy atom. The quantitative estimate of drug-likeness (QED) is 0.605. The second kappa shape index (κ2) is 8.29. The average Bonchev–Trinajstić information content (AvgIpc) is 3.34. The molecule has 0 radical (unpaired) electrons. The Bertz CT molecular complexity index is 1010. The molecule has 0 aromatic carbocycles. The summed E-state index contributed by atoms with van der Waals surface area (Å²) in [6.07, 6.45) is 2.42. The van der Waals surface area contributed by atoms with Crippen LogP contribution in [0.2, 0.25) is 0 Å². The standard InChI is InChI=1S/C21H25F3N6/c1-3-5-19-25-10-14(11-26-19)12-29-7-6-15(13-29)17-9-20-27-16(4-2)8-18(21(22,23)24)30(20)28-17/h8-11,15H,3-7,12-13H2,1-2H3/t15-/m0/s1. The number of likely N-dealkylation sites (tertiary alicyclic amines) is 1. The summed E-state index contributed by atoms with van der Waals surface area (Å²) in [6, 6.07) is 2.79. The number of alkyl halides is 3. The van der Waals surface area contributed by atoms with Crippen LogP contribution in [-0.4, -0.2) is 42.6 Å². The third-order valence-electron chi connectivity index (χ3n) is 5.48. The summed E-state index contributed by atoms with van der Waals surface area (Å²) in [5, 5.41) is 4.29. The predicted octanol–water partition coefficient (Wildman–Crippen LogP) is 4.04. The first-order chi connectivity index (χ1) is 14.4. The molecular formula is C21H25F3N6. The SMILES string of the molecule is CCCc1ncc(CN2CC[C@H](c3cc4nc(CC)cc(C(F)(F)F)n4n3)C2)cn1. The van der Waals surface area contributed by atoms with Gasteiger partial charge in [0.25, 0.3) is 0 Å². The van der Waals surface area contributed by atoms with Crippen molar-refractivity contribution in [2.75, 3.05) is 13.1 Å². The zero-order chi connectivity index (χ0) is 21.3. The number of halogens is 3. The molecule has 0 N–H and O–H groups in total. The summed E-state index contributed by atoms with van der Waals surface area (Å²) in [4.78, 5) is 15.4. The minimum Gasteiger partial charge on any atom is -0.298 e.